The third-order valence-electron chi connectivity index (χ3n) is 9.01. The van der Waals surface area contributed by atoms with Crippen LogP contribution in [0, 0.1) is 0 Å². The van der Waals surface area contributed by atoms with Crippen molar-refractivity contribution in [2.75, 3.05) is 13.2 Å². The van der Waals surface area contributed by atoms with Crippen LogP contribution in [0.4, 0.5) is 13.2 Å². The molecule has 0 unspecified atom stereocenters. The molecule has 10 atom stereocenters. The molecule has 2 aliphatic rings. The number of carbonyl (C=O) groups is 7. The fourth-order valence-electron chi connectivity index (χ4n) is 6.45. The predicted molar refractivity (Wildman–Crippen MR) is 209 cm³/mol. The lowest BCUT2D eigenvalue weighted by Gasteiger charge is -2.49. The molecule has 0 saturated carbocycles. The fourth-order valence-corrected chi connectivity index (χ4v) is 7.70. The number of benzene rings is 2. The summed E-state index contributed by atoms with van der Waals surface area (Å²) in [5, 5.41) is 4.06. The van der Waals surface area contributed by atoms with Gasteiger partial charge in [0, 0.05) is 41.5 Å². The summed E-state index contributed by atoms with van der Waals surface area (Å²) in [5.41, 5.74) is 0.864. The van der Waals surface area contributed by atoms with E-state index >= 15 is 0 Å². The zero-order valence-electron chi connectivity index (χ0n) is 35.7. The average Bonchev–Trinajstić information content (AvgIpc) is 3.21. The number of alkyl halides is 3. The maximum absolute atomic E-state index is 14.6. The molecule has 2 aromatic carbocycles. The van der Waals surface area contributed by atoms with Crippen LogP contribution in [0.3, 0.4) is 0 Å². The topological polar surface area (TPSA) is 262 Å². The molecular formula is C40H48F3N2O19P. The molecule has 0 aromatic heterocycles. The van der Waals surface area contributed by atoms with E-state index in [1.165, 1.54) is 0 Å². The number of halogens is 3. The largest absolute Gasteiger partial charge is 0.477 e. The molecule has 0 spiro atoms. The number of amides is 2. The molecule has 2 aliphatic heterocycles. The van der Waals surface area contributed by atoms with Gasteiger partial charge in [-0.1, -0.05) is 60.7 Å². The van der Waals surface area contributed by atoms with Crippen LogP contribution in [0.1, 0.15) is 52.7 Å². The van der Waals surface area contributed by atoms with Crippen molar-refractivity contribution >= 4 is 49.5 Å². The van der Waals surface area contributed by atoms with E-state index in [9.17, 15) is 51.3 Å². The zero-order valence-corrected chi connectivity index (χ0v) is 36.6. The molecule has 0 bridgehead atoms. The lowest BCUT2D eigenvalue weighted by Crippen LogP contribution is -2.71. The molecule has 0 aliphatic carbocycles. The van der Waals surface area contributed by atoms with Crippen LogP contribution in [-0.4, -0.2) is 122 Å². The fraction of sp³-hybridized carbons (Fsp3) is 0.525. The second-order valence-electron chi connectivity index (χ2n) is 14.3. The molecule has 65 heavy (non-hydrogen) atoms. The maximum Gasteiger partial charge on any atom is 0.477 e. The highest BCUT2D eigenvalue weighted by Crippen LogP contribution is 2.53. The second-order valence-corrected chi connectivity index (χ2v) is 15.9. The Morgan fingerprint density at radius 3 is 1.43 bits per heavy atom. The van der Waals surface area contributed by atoms with Gasteiger partial charge in [-0.2, -0.15) is 13.2 Å². The van der Waals surface area contributed by atoms with Gasteiger partial charge in [-0.25, -0.2) is 4.57 Å². The van der Waals surface area contributed by atoms with Crippen molar-refractivity contribution < 1.29 is 103 Å². The first-order valence-corrected chi connectivity index (χ1v) is 21.1. The van der Waals surface area contributed by atoms with Gasteiger partial charge in [0.15, 0.2) is 30.9 Å². The summed E-state index contributed by atoms with van der Waals surface area (Å²) in [4.78, 5) is 87.2. The minimum Gasteiger partial charge on any atom is -0.463 e. The Morgan fingerprint density at radius 2 is 1.00 bits per heavy atom. The van der Waals surface area contributed by atoms with Crippen LogP contribution < -0.4 is 10.6 Å². The van der Waals surface area contributed by atoms with Gasteiger partial charge in [0.2, 0.25) is 5.91 Å². The van der Waals surface area contributed by atoms with E-state index in [-0.39, 0.29) is 0 Å². The van der Waals surface area contributed by atoms with Crippen LogP contribution in [0.2, 0.25) is 0 Å². The molecule has 21 nitrogen and oxygen atoms in total. The molecule has 4 rings (SSSR count). The lowest BCUT2D eigenvalue weighted by atomic mass is 9.94. The molecule has 2 heterocycles. The first-order valence-electron chi connectivity index (χ1n) is 19.6. The summed E-state index contributed by atoms with van der Waals surface area (Å²) >= 11 is 0. The quantitative estimate of drug-likeness (QED) is 0.117. The van der Waals surface area contributed by atoms with Gasteiger partial charge < -0.3 is 48.5 Å². The standard InChI is InChI=1S/C40H48F3N2O19P/c1-21(46)44-31-35(59-25(5)50)33(58-24(4)49)29(19-54-22(2)47)61-37(31)63-34-30(20-55-23(3)48)62-38(32(36(34)60-26(6)51)45-39(52)40(41,42)43)64-65(53,56-17-27-13-9-7-10-14-27)57-18-28-15-11-8-12-16-28/h7-16,29-38H,17-20H2,1-6H3,(H,44,46)(H,45,52)/t29-,30-,31-,32-,33-,34-,35-,36-,37+,38-/m1/s1. The van der Waals surface area contributed by atoms with Gasteiger partial charge in [-0.3, -0.25) is 47.1 Å². The van der Waals surface area contributed by atoms with Gasteiger partial charge in [-0.05, 0) is 11.1 Å². The number of phosphoric acid groups is 1. The number of hydrogen-bond donors (Lipinski definition) is 2. The number of esters is 5. The molecule has 358 valence electrons. The van der Waals surface area contributed by atoms with Crippen LogP contribution in [0.25, 0.3) is 0 Å². The Labute approximate surface area is 369 Å². The summed E-state index contributed by atoms with van der Waals surface area (Å²) in [6.07, 6.45) is -21.1. The van der Waals surface area contributed by atoms with E-state index in [0.29, 0.717) is 11.1 Å². The number of nitrogens with one attached hydrogen (secondary N) is 2. The number of carbonyl (C=O) groups excluding carboxylic acids is 7. The van der Waals surface area contributed by atoms with Crippen LogP contribution in [0.5, 0.6) is 0 Å². The SMILES string of the molecule is CC(=O)N[C@H]1[C@H](O[C@H]2[C@H](OC(C)=O)[C@@H](NC(=O)C(F)(F)F)[C@@H](OP(=O)(OCc3ccccc3)OCc3ccccc3)O[C@@H]2COC(C)=O)O[C@H](COC(C)=O)[C@@H](OC(C)=O)[C@@H]1OC(C)=O. The molecule has 2 amide bonds. The van der Waals surface area contributed by atoms with E-state index in [0.717, 1.165) is 41.5 Å². The zero-order chi connectivity index (χ0) is 48.1. The molecule has 25 heteroatoms. The molecule has 2 N–H and O–H groups in total. The molecule has 2 aromatic rings. The van der Waals surface area contributed by atoms with Crippen molar-refractivity contribution in [3.63, 3.8) is 0 Å². The highest BCUT2D eigenvalue weighted by molar-refractivity contribution is 7.48. The number of rotatable bonds is 19. The van der Waals surface area contributed by atoms with Crippen molar-refractivity contribution in [3.05, 3.63) is 71.8 Å². The first-order chi connectivity index (χ1) is 30.5. The third kappa shape index (κ3) is 16.2. The highest BCUT2D eigenvalue weighted by Gasteiger charge is 2.58. The van der Waals surface area contributed by atoms with Crippen molar-refractivity contribution in [3.8, 4) is 0 Å². The Kier molecular flexibility index (Phi) is 18.9. The van der Waals surface area contributed by atoms with E-state index in [2.05, 4.69) is 5.32 Å². The number of hydrogen-bond acceptors (Lipinski definition) is 19. The normalized spacial score (nSPS) is 25.6. The van der Waals surface area contributed by atoms with Crippen LogP contribution >= 0.6 is 7.82 Å². The maximum atomic E-state index is 14.6. The van der Waals surface area contributed by atoms with Crippen molar-refractivity contribution in [2.45, 2.75) is 122 Å². The van der Waals surface area contributed by atoms with Gasteiger partial charge in [-0.15, -0.1) is 0 Å². The minimum atomic E-state index is -5.62. The average molecular weight is 949 g/mol. The van der Waals surface area contributed by atoms with Crippen LogP contribution in [0.15, 0.2) is 60.7 Å². The Hall–Kier alpha value is -5.49. The summed E-state index contributed by atoms with van der Waals surface area (Å²) in [7, 11) is -5.06. The molecular weight excluding hydrogens is 900 g/mol. The van der Waals surface area contributed by atoms with Crippen LogP contribution in [-0.2, 0) is 103 Å². The summed E-state index contributed by atoms with van der Waals surface area (Å²) in [6.45, 7) is 3.25. The van der Waals surface area contributed by atoms with Crippen molar-refractivity contribution in [2.24, 2.45) is 0 Å². The van der Waals surface area contributed by atoms with Crippen molar-refractivity contribution in [1.82, 2.24) is 10.6 Å². The first kappa shape index (κ1) is 52.1. The monoisotopic (exact) mass is 948 g/mol. The minimum absolute atomic E-state index is 0.432. The van der Waals surface area contributed by atoms with E-state index in [1.807, 2.05) is 0 Å². The summed E-state index contributed by atoms with van der Waals surface area (Å²) < 4.78 is 119. The number of ether oxygens (including phenoxy) is 8. The Morgan fingerprint density at radius 1 is 0.585 bits per heavy atom. The van der Waals surface area contributed by atoms with Gasteiger partial charge in [0.25, 0.3) is 0 Å². The van der Waals surface area contributed by atoms with Gasteiger partial charge >= 0.3 is 49.8 Å². The summed E-state index contributed by atoms with van der Waals surface area (Å²) in [5.74, 6) is -8.44. The Balaban J connectivity index is 1.88. The van der Waals surface area contributed by atoms with Gasteiger partial charge in [0.1, 0.15) is 43.6 Å². The molecule has 0 radical (unpaired) electrons. The molecule has 2 saturated heterocycles. The van der Waals surface area contributed by atoms with E-state index in [1.54, 1.807) is 66.0 Å². The van der Waals surface area contributed by atoms with E-state index in [4.69, 9.17) is 51.5 Å². The summed E-state index contributed by atoms with van der Waals surface area (Å²) in [6, 6.07) is 12.1. The number of phosphoric ester groups is 1. The molecule has 2 fully saturated rings. The van der Waals surface area contributed by atoms with Gasteiger partial charge in [0.05, 0.1) is 13.2 Å². The lowest BCUT2D eigenvalue weighted by molar-refractivity contribution is -0.328. The third-order valence-corrected chi connectivity index (χ3v) is 10.4. The predicted octanol–water partition coefficient (Wildman–Crippen LogP) is 2.85. The van der Waals surface area contributed by atoms with E-state index < -0.39 is 143 Å². The smallest absolute Gasteiger partial charge is 0.463 e. The highest BCUT2D eigenvalue weighted by atomic mass is 31.2. The Bertz CT molecular complexity index is 1980. The van der Waals surface area contributed by atoms with Crippen molar-refractivity contribution in [1.29, 1.82) is 0 Å². The second kappa shape index (κ2) is 23.6.